The van der Waals surface area contributed by atoms with Gasteiger partial charge in [0.25, 0.3) is 5.91 Å². The lowest BCUT2D eigenvalue weighted by atomic mass is 10.1. The average molecular weight is 467 g/mol. The van der Waals surface area contributed by atoms with E-state index in [4.69, 9.17) is 4.74 Å². The van der Waals surface area contributed by atoms with Crippen molar-refractivity contribution in [3.8, 4) is 0 Å². The number of ether oxygens (including phenoxy) is 1. The highest BCUT2D eigenvalue weighted by atomic mass is 32.2. The molecular weight excluding hydrogens is 432 g/mol. The van der Waals surface area contributed by atoms with Crippen molar-refractivity contribution in [3.05, 3.63) is 76.7 Å². The Bertz CT molecular complexity index is 967. The van der Waals surface area contributed by atoms with Crippen LogP contribution in [0, 0.1) is 6.92 Å². The maximum atomic E-state index is 12.5. The molecule has 0 aliphatic carbocycles. The third kappa shape index (κ3) is 6.53. The molecule has 6 nitrogen and oxygen atoms in total. The van der Waals surface area contributed by atoms with Gasteiger partial charge < -0.3 is 20.3 Å². The van der Waals surface area contributed by atoms with Crippen LogP contribution in [0.25, 0.3) is 0 Å². The molecule has 0 spiro atoms. The molecule has 1 fully saturated rings. The molecule has 0 aromatic heterocycles. The van der Waals surface area contributed by atoms with E-state index in [0.717, 1.165) is 55.5 Å². The molecule has 1 unspecified atom stereocenters. The molecule has 4 rings (SSSR count). The maximum Gasteiger partial charge on any atom is 0.251 e. The third-order valence-corrected chi connectivity index (χ3v) is 7.25. The number of allylic oxidation sites excluding steroid dienone is 1. The lowest BCUT2D eigenvalue weighted by Gasteiger charge is -2.32. The number of hydrogen-bond donors (Lipinski definition) is 2. The highest BCUT2D eigenvalue weighted by molar-refractivity contribution is 7.99. The van der Waals surface area contributed by atoms with Crippen molar-refractivity contribution in [1.82, 2.24) is 20.4 Å². The quantitative estimate of drug-likeness (QED) is 0.580. The minimum absolute atomic E-state index is 0.0273. The molecule has 0 radical (unpaired) electrons. The number of likely N-dealkylation sites (N-methyl/N-ethyl adjacent to an activating group) is 1. The van der Waals surface area contributed by atoms with E-state index in [2.05, 4.69) is 58.7 Å². The molecule has 2 aliphatic heterocycles. The Balaban J connectivity index is 1.23. The number of hydrogen-bond acceptors (Lipinski definition) is 6. The first-order chi connectivity index (χ1) is 16.0. The Hall–Kier alpha value is -2.48. The largest absolute Gasteiger partial charge is 0.469 e. The van der Waals surface area contributed by atoms with Gasteiger partial charge in [0.2, 0.25) is 0 Å². The van der Waals surface area contributed by atoms with E-state index >= 15 is 0 Å². The molecule has 2 N–H and O–H groups in total. The van der Waals surface area contributed by atoms with Crippen LogP contribution in [0.1, 0.15) is 34.6 Å². The summed E-state index contributed by atoms with van der Waals surface area (Å²) in [5, 5.41) is 6.53. The first-order valence-corrected chi connectivity index (χ1v) is 12.6. The monoisotopic (exact) mass is 466 g/mol. The summed E-state index contributed by atoms with van der Waals surface area (Å²) < 4.78 is 6.05. The lowest BCUT2D eigenvalue weighted by Crippen LogP contribution is -2.46. The second-order valence-corrected chi connectivity index (χ2v) is 9.85. The van der Waals surface area contributed by atoms with Crippen LogP contribution in [-0.4, -0.2) is 67.8 Å². The molecule has 1 amide bonds. The predicted octanol–water partition coefficient (Wildman–Crippen LogP) is 3.61. The van der Waals surface area contributed by atoms with Gasteiger partial charge >= 0.3 is 0 Å². The van der Waals surface area contributed by atoms with Crippen molar-refractivity contribution in [2.45, 2.75) is 25.0 Å². The summed E-state index contributed by atoms with van der Waals surface area (Å²) in [5.41, 5.74) is 4.06. The van der Waals surface area contributed by atoms with Crippen LogP contribution in [0.5, 0.6) is 0 Å². The number of aryl methyl sites for hydroxylation is 1. The first kappa shape index (κ1) is 23.7. The number of amides is 1. The Morgan fingerprint density at radius 2 is 1.76 bits per heavy atom. The molecule has 1 saturated heterocycles. The van der Waals surface area contributed by atoms with Crippen LogP contribution >= 0.6 is 11.8 Å². The van der Waals surface area contributed by atoms with Crippen molar-refractivity contribution < 1.29 is 9.53 Å². The van der Waals surface area contributed by atoms with E-state index < -0.39 is 0 Å². The van der Waals surface area contributed by atoms with E-state index in [1.807, 2.05) is 31.2 Å². The third-order valence-electron chi connectivity index (χ3n) is 6.21. The number of thioether (sulfide) groups is 1. The van der Waals surface area contributed by atoms with Gasteiger partial charge in [0.05, 0.1) is 5.70 Å². The van der Waals surface area contributed by atoms with E-state index in [-0.39, 0.29) is 12.1 Å². The summed E-state index contributed by atoms with van der Waals surface area (Å²) in [6.45, 7) is 9.97. The minimum Gasteiger partial charge on any atom is -0.469 e. The summed E-state index contributed by atoms with van der Waals surface area (Å²) in [6, 6.07) is 16.3. The van der Waals surface area contributed by atoms with Crippen LogP contribution in [0.15, 0.2) is 64.9 Å². The number of nitrogens with one attached hydrogen (secondary N) is 2. The van der Waals surface area contributed by atoms with Gasteiger partial charge in [-0.25, -0.2) is 0 Å². The molecule has 33 heavy (non-hydrogen) atoms. The van der Waals surface area contributed by atoms with Gasteiger partial charge in [0, 0.05) is 61.0 Å². The van der Waals surface area contributed by atoms with Gasteiger partial charge in [-0.1, -0.05) is 29.8 Å². The molecular formula is C26H34N4O2S. The molecule has 2 heterocycles. The van der Waals surface area contributed by atoms with Crippen LogP contribution in [0.2, 0.25) is 0 Å². The first-order valence-electron chi connectivity index (χ1n) is 11.6. The van der Waals surface area contributed by atoms with Crippen LogP contribution in [-0.2, 0) is 4.74 Å². The zero-order valence-electron chi connectivity index (χ0n) is 19.8. The summed E-state index contributed by atoms with van der Waals surface area (Å²) in [5.74, 6) is 1.73. The predicted molar refractivity (Wildman–Crippen MR) is 134 cm³/mol. The van der Waals surface area contributed by atoms with Crippen molar-refractivity contribution >= 4 is 17.7 Å². The van der Waals surface area contributed by atoms with Gasteiger partial charge in [-0.2, -0.15) is 0 Å². The molecule has 7 heteroatoms. The van der Waals surface area contributed by atoms with Gasteiger partial charge in [0.15, 0.2) is 6.23 Å². The fourth-order valence-corrected chi connectivity index (χ4v) is 4.86. The number of carbonyl (C=O) groups excluding carboxylic acids is 1. The van der Waals surface area contributed by atoms with Crippen molar-refractivity contribution in [2.75, 3.05) is 52.1 Å². The van der Waals surface area contributed by atoms with Gasteiger partial charge in [0.1, 0.15) is 5.76 Å². The molecule has 0 bridgehead atoms. The highest BCUT2D eigenvalue weighted by Crippen LogP contribution is 2.30. The lowest BCUT2D eigenvalue weighted by molar-refractivity contribution is 0.0940. The number of piperazine rings is 1. The Morgan fingerprint density at radius 3 is 2.45 bits per heavy atom. The van der Waals surface area contributed by atoms with Gasteiger partial charge in [-0.05, 0) is 45.2 Å². The SMILES string of the molecule is CC1=C(CSc2ccc(C)cc2)NC(c2ccc(C(=O)NCCN3CCN(C)CC3)cc2)O1. The number of rotatable bonds is 8. The summed E-state index contributed by atoms with van der Waals surface area (Å²) >= 11 is 1.79. The molecule has 176 valence electrons. The molecule has 2 aliphatic rings. The highest BCUT2D eigenvalue weighted by Gasteiger charge is 2.24. The molecule has 0 saturated carbocycles. The summed E-state index contributed by atoms with van der Waals surface area (Å²) in [6.07, 6.45) is -0.215. The fraction of sp³-hybridized carbons (Fsp3) is 0.423. The second kappa shape index (κ2) is 11.1. The molecule has 1 atom stereocenters. The Morgan fingerprint density at radius 1 is 1.06 bits per heavy atom. The Labute approximate surface area is 201 Å². The molecule has 2 aromatic carbocycles. The molecule has 2 aromatic rings. The maximum absolute atomic E-state index is 12.5. The van der Waals surface area contributed by atoms with Crippen LogP contribution in [0.4, 0.5) is 0 Å². The van der Waals surface area contributed by atoms with Crippen LogP contribution < -0.4 is 10.6 Å². The summed E-state index contributed by atoms with van der Waals surface area (Å²) in [4.78, 5) is 18.5. The fourth-order valence-electron chi connectivity index (χ4n) is 3.93. The zero-order chi connectivity index (χ0) is 23.2. The van der Waals surface area contributed by atoms with E-state index in [9.17, 15) is 4.79 Å². The van der Waals surface area contributed by atoms with Crippen molar-refractivity contribution in [2.24, 2.45) is 0 Å². The van der Waals surface area contributed by atoms with E-state index in [0.29, 0.717) is 12.1 Å². The second-order valence-electron chi connectivity index (χ2n) is 8.80. The summed E-state index contributed by atoms with van der Waals surface area (Å²) in [7, 11) is 2.15. The number of benzene rings is 2. The van der Waals surface area contributed by atoms with Gasteiger partial charge in [-0.15, -0.1) is 11.8 Å². The van der Waals surface area contributed by atoms with E-state index in [1.165, 1.54) is 10.5 Å². The van der Waals surface area contributed by atoms with Crippen molar-refractivity contribution in [3.63, 3.8) is 0 Å². The van der Waals surface area contributed by atoms with E-state index in [1.54, 1.807) is 11.8 Å². The van der Waals surface area contributed by atoms with Crippen molar-refractivity contribution in [1.29, 1.82) is 0 Å². The Kier molecular flexibility index (Phi) is 7.96. The topological polar surface area (TPSA) is 56.8 Å². The smallest absolute Gasteiger partial charge is 0.251 e. The van der Waals surface area contributed by atoms with Gasteiger partial charge in [-0.3, -0.25) is 9.69 Å². The average Bonchev–Trinajstić information content (AvgIpc) is 3.20. The normalized spacial score (nSPS) is 19.3. The standard InChI is InChI=1S/C26H34N4O2S/c1-19-4-10-23(11-5-19)33-18-24-20(2)32-26(28-24)22-8-6-21(7-9-22)25(31)27-12-13-30-16-14-29(3)15-17-30/h4-11,26,28H,12-18H2,1-3H3,(H,27,31). The number of carbonyl (C=O) groups is 1. The zero-order valence-corrected chi connectivity index (χ0v) is 20.6. The number of nitrogens with zero attached hydrogens (tertiary/aromatic N) is 2. The van der Waals surface area contributed by atoms with Crippen LogP contribution in [0.3, 0.4) is 0 Å². The minimum atomic E-state index is -0.215.